The van der Waals surface area contributed by atoms with E-state index in [0.29, 0.717) is 12.0 Å². The quantitative estimate of drug-likeness (QED) is 0.888. The van der Waals surface area contributed by atoms with Crippen LogP contribution >= 0.6 is 12.4 Å². The third-order valence-electron chi connectivity index (χ3n) is 4.60. The van der Waals surface area contributed by atoms with Gasteiger partial charge in [0.25, 0.3) is 5.91 Å². The first-order valence-electron chi connectivity index (χ1n) is 8.10. The lowest BCUT2D eigenvalue weighted by atomic mass is 9.91. The zero-order valence-electron chi connectivity index (χ0n) is 13.2. The third-order valence-corrected chi connectivity index (χ3v) is 4.60. The Labute approximate surface area is 143 Å². The van der Waals surface area contributed by atoms with Crippen LogP contribution in [-0.2, 0) is 4.79 Å². The van der Waals surface area contributed by atoms with Crippen LogP contribution in [0, 0.1) is 0 Å². The average molecular weight is 338 g/mol. The normalized spacial score (nSPS) is 24.2. The summed E-state index contributed by atoms with van der Waals surface area (Å²) in [6.45, 7) is 0.740. The van der Waals surface area contributed by atoms with Crippen LogP contribution in [0.3, 0.4) is 0 Å². The summed E-state index contributed by atoms with van der Waals surface area (Å²) < 4.78 is 0. The molecule has 126 valence electrons. The SMILES string of the molecule is Cl.NC1CCC(NC(=O)c2cccc(N3CCCC3=O)c2)CC1. The van der Waals surface area contributed by atoms with Crippen molar-refractivity contribution >= 4 is 29.9 Å². The van der Waals surface area contributed by atoms with E-state index >= 15 is 0 Å². The molecule has 3 rings (SSSR count). The molecule has 3 N–H and O–H groups in total. The minimum absolute atomic E-state index is 0. The van der Waals surface area contributed by atoms with Gasteiger partial charge in [-0.3, -0.25) is 9.59 Å². The fourth-order valence-corrected chi connectivity index (χ4v) is 3.27. The average Bonchev–Trinajstić information content (AvgIpc) is 2.96. The summed E-state index contributed by atoms with van der Waals surface area (Å²) in [5.74, 6) is 0.0767. The Hall–Kier alpha value is -1.59. The number of carbonyl (C=O) groups excluding carboxylic acids is 2. The highest BCUT2D eigenvalue weighted by molar-refractivity contribution is 5.99. The number of hydrogen-bond donors (Lipinski definition) is 2. The van der Waals surface area contributed by atoms with Gasteiger partial charge in [-0.1, -0.05) is 6.07 Å². The molecule has 5 nitrogen and oxygen atoms in total. The van der Waals surface area contributed by atoms with Crippen LogP contribution in [0.5, 0.6) is 0 Å². The minimum Gasteiger partial charge on any atom is -0.349 e. The van der Waals surface area contributed by atoms with E-state index in [4.69, 9.17) is 5.73 Å². The monoisotopic (exact) mass is 337 g/mol. The van der Waals surface area contributed by atoms with Gasteiger partial charge in [-0.05, 0) is 50.3 Å². The molecule has 6 heteroatoms. The van der Waals surface area contributed by atoms with Crippen molar-refractivity contribution in [1.29, 1.82) is 0 Å². The molecular formula is C17H24ClN3O2. The molecular weight excluding hydrogens is 314 g/mol. The topological polar surface area (TPSA) is 75.4 Å². The van der Waals surface area contributed by atoms with Crippen molar-refractivity contribution in [2.45, 2.75) is 50.6 Å². The Morgan fingerprint density at radius 2 is 1.96 bits per heavy atom. The summed E-state index contributed by atoms with van der Waals surface area (Å²) in [6.07, 6.45) is 5.30. The first-order valence-corrected chi connectivity index (χ1v) is 8.10. The zero-order chi connectivity index (χ0) is 15.5. The number of benzene rings is 1. The summed E-state index contributed by atoms with van der Waals surface area (Å²) in [6, 6.07) is 7.83. The maximum absolute atomic E-state index is 12.4. The van der Waals surface area contributed by atoms with Crippen LogP contribution in [0.15, 0.2) is 24.3 Å². The second-order valence-corrected chi connectivity index (χ2v) is 6.28. The van der Waals surface area contributed by atoms with Crippen molar-refractivity contribution in [3.63, 3.8) is 0 Å². The van der Waals surface area contributed by atoms with Crippen LogP contribution in [0.4, 0.5) is 5.69 Å². The molecule has 1 saturated carbocycles. The van der Waals surface area contributed by atoms with E-state index in [1.54, 1.807) is 11.0 Å². The van der Waals surface area contributed by atoms with Gasteiger partial charge < -0.3 is 16.0 Å². The number of halogens is 1. The minimum atomic E-state index is -0.0611. The van der Waals surface area contributed by atoms with Gasteiger partial charge in [-0.25, -0.2) is 0 Å². The molecule has 0 bridgehead atoms. The van der Waals surface area contributed by atoms with Gasteiger partial charge in [-0.2, -0.15) is 0 Å². The van der Waals surface area contributed by atoms with E-state index in [-0.39, 0.29) is 36.3 Å². The van der Waals surface area contributed by atoms with Crippen molar-refractivity contribution < 1.29 is 9.59 Å². The third kappa shape index (κ3) is 4.24. The van der Waals surface area contributed by atoms with Crippen molar-refractivity contribution in [2.24, 2.45) is 5.73 Å². The standard InChI is InChI=1S/C17H23N3O2.ClH/c18-13-6-8-14(9-7-13)19-17(22)12-3-1-4-15(11-12)20-10-2-5-16(20)21;/h1,3-4,11,13-14H,2,5-10,18H2,(H,19,22);1H. The molecule has 0 atom stereocenters. The predicted molar refractivity (Wildman–Crippen MR) is 93.0 cm³/mol. The van der Waals surface area contributed by atoms with Crippen LogP contribution in [-0.4, -0.2) is 30.4 Å². The number of nitrogens with zero attached hydrogens (tertiary/aromatic N) is 1. The molecule has 1 saturated heterocycles. The molecule has 0 radical (unpaired) electrons. The Kier molecular flexibility index (Phi) is 6.02. The lowest BCUT2D eigenvalue weighted by Crippen LogP contribution is -2.40. The van der Waals surface area contributed by atoms with Gasteiger partial charge in [0.05, 0.1) is 0 Å². The van der Waals surface area contributed by atoms with Gasteiger partial charge in [0.2, 0.25) is 5.91 Å². The van der Waals surface area contributed by atoms with Crippen molar-refractivity contribution in [1.82, 2.24) is 5.32 Å². The first-order chi connectivity index (χ1) is 10.6. The van der Waals surface area contributed by atoms with Crippen LogP contribution < -0.4 is 16.0 Å². The first kappa shape index (κ1) is 17.8. The molecule has 1 heterocycles. The van der Waals surface area contributed by atoms with Gasteiger partial charge in [0, 0.05) is 36.3 Å². The summed E-state index contributed by atoms with van der Waals surface area (Å²) in [4.78, 5) is 26.0. The van der Waals surface area contributed by atoms with E-state index in [0.717, 1.165) is 44.3 Å². The van der Waals surface area contributed by atoms with Crippen molar-refractivity contribution in [3.05, 3.63) is 29.8 Å². The summed E-state index contributed by atoms with van der Waals surface area (Å²) in [7, 11) is 0. The molecule has 1 aliphatic carbocycles. The molecule has 1 aromatic carbocycles. The van der Waals surface area contributed by atoms with Crippen molar-refractivity contribution in [2.75, 3.05) is 11.4 Å². The number of carbonyl (C=O) groups is 2. The smallest absolute Gasteiger partial charge is 0.251 e. The summed E-state index contributed by atoms with van der Waals surface area (Å²) in [5, 5.41) is 3.09. The molecule has 0 spiro atoms. The second-order valence-electron chi connectivity index (χ2n) is 6.28. The molecule has 0 unspecified atom stereocenters. The zero-order valence-corrected chi connectivity index (χ0v) is 14.0. The Morgan fingerprint density at radius 3 is 2.61 bits per heavy atom. The van der Waals surface area contributed by atoms with E-state index in [1.807, 2.05) is 18.2 Å². The maximum atomic E-state index is 12.4. The van der Waals surface area contributed by atoms with E-state index < -0.39 is 0 Å². The Bertz CT molecular complexity index is 571. The van der Waals surface area contributed by atoms with Crippen LogP contribution in [0.1, 0.15) is 48.9 Å². The highest BCUT2D eigenvalue weighted by Gasteiger charge is 2.23. The van der Waals surface area contributed by atoms with E-state index in [9.17, 15) is 9.59 Å². The summed E-state index contributed by atoms with van der Waals surface area (Å²) >= 11 is 0. The molecule has 2 fully saturated rings. The number of anilines is 1. The molecule has 0 aromatic heterocycles. The van der Waals surface area contributed by atoms with Gasteiger partial charge >= 0.3 is 0 Å². The van der Waals surface area contributed by atoms with Gasteiger partial charge in [0.1, 0.15) is 0 Å². The fourth-order valence-electron chi connectivity index (χ4n) is 3.27. The number of nitrogens with one attached hydrogen (secondary N) is 1. The fraction of sp³-hybridized carbons (Fsp3) is 0.529. The highest BCUT2D eigenvalue weighted by Crippen LogP contribution is 2.23. The number of rotatable bonds is 3. The molecule has 1 aromatic rings. The number of amides is 2. The second kappa shape index (κ2) is 7.79. The van der Waals surface area contributed by atoms with Crippen LogP contribution in [0.2, 0.25) is 0 Å². The molecule has 2 aliphatic rings. The predicted octanol–water partition coefficient (Wildman–Crippen LogP) is 2.23. The lowest BCUT2D eigenvalue weighted by molar-refractivity contribution is -0.117. The largest absolute Gasteiger partial charge is 0.349 e. The van der Waals surface area contributed by atoms with E-state index in [1.165, 1.54) is 0 Å². The van der Waals surface area contributed by atoms with Gasteiger partial charge in [0.15, 0.2) is 0 Å². The molecule has 23 heavy (non-hydrogen) atoms. The molecule has 2 amide bonds. The Balaban J connectivity index is 0.00000192. The van der Waals surface area contributed by atoms with Crippen molar-refractivity contribution in [3.8, 4) is 0 Å². The van der Waals surface area contributed by atoms with Crippen LogP contribution in [0.25, 0.3) is 0 Å². The number of hydrogen-bond acceptors (Lipinski definition) is 3. The van der Waals surface area contributed by atoms with E-state index in [2.05, 4.69) is 5.32 Å². The highest BCUT2D eigenvalue weighted by atomic mass is 35.5. The molecule has 1 aliphatic heterocycles. The lowest BCUT2D eigenvalue weighted by Gasteiger charge is -2.27. The Morgan fingerprint density at radius 1 is 1.22 bits per heavy atom. The van der Waals surface area contributed by atoms with Gasteiger partial charge in [-0.15, -0.1) is 12.4 Å². The maximum Gasteiger partial charge on any atom is 0.251 e. The summed E-state index contributed by atoms with van der Waals surface area (Å²) in [5.41, 5.74) is 7.33. The number of nitrogens with two attached hydrogens (primary N) is 1.